The third kappa shape index (κ3) is 2.38. The lowest BCUT2D eigenvalue weighted by Crippen LogP contribution is -2.21. The van der Waals surface area contributed by atoms with Crippen molar-refractivity contribution in [3.63, 3.8) is 0 Å². The largest absolute Gasteiger partial charge is 0.378 e. The van der Waals surface area contributed by atoms with Crippen molar-refractivity contribution in [2.45, 2.75) is 31.2 Å². The van der Waals surface area contributed by atoms with Crippen molar-refractivity contribution < 1.29 is 0 Å². The van der Waals surface area contributed by atoms with Crippen molar-refractivity contribution in [3.8, 4) is 0 Å². The van der Waals surface area contributed by atoms with Crippen molar-refractivity contribution in [3.05, 3.63) is 29.8 Å². The van der Waals surface area contributed by atoms with Gasteiger partial charge < -0.3 is 10.2 Å². The summed E-state index contributed by atoms with van der Waals surface area (Å²) in [6, 6.07) is 9.75. The zero-order valence-corrected chi connectivity index (χ0v) is 10.5. The lowest BCUT2D eigenvalue weighted by molar-refractivity contribution is 0.572. The number of nitrogens with zero attached hydrogens (tertiary/aromatic N) is 1. The molecule has 1 aromatic rings. The molecule has 0 radical (unpaired) electrons. The van der Waals surface area contributed by atoms with Gasteiger partial charge in [0.15, 0.2) is 0 Å². The van der Waals surface area contributed by atoms with Crippen molar-refractivity contribution in [1.29, 1.82) is 0 Å². The first kappa shape index (κ1) is 11.5. The van der Waals surface area contributed by atoms with E-state index in [2.05, 4.69) is 55.6 Å². The second-order valence-electron chi connectivity index (χ2n) is 4.98. The van der Waals surface area contributed by atoms with Gasteiger partial charge >= 0.3 is 0 Å². The Morgan fingerprint density at radius 1 is 1.12 bits per heavy atom. The van der Waals surface area contributed by atoms with Crippen LogP contribution in [0.4, 0.5) is 5.69 Å². The number of nitrogens with one attached hydrogen (secondary N) is 1. The average Bonchev–Trinajstić information content (AvgIpc) is 2.77. The summed E-state index contributed by atoms with van der Waals surface area (Å²) in [7, 11) is 6.24. The molecule has 2 rings (SSSR count). The minimum absolute atomic E-state index is 0.721. The molecule has 2 nitrogen and oxygen atoms in total. The van der Waals surface area contributed by atoms with Gasteiger partial charge in [-0.2, -0.15) is 0 Å². The van der Waals surface area contributed by atoms with Gasteiger partial charge in [0.1, 0.15) is 0 Å². The maximum Gasteiger partial charge on any atom is 0.0361 e. The highest BCUT2D eigenvalue weighted by molar-refractivity contribution is 5.46. The monoisotopic (exact) mass is 218 g/mol. The van der Waals surface area contributed by atoms with Gasteiger partial charge in [-0.25, -0.2) is 0 Å². The summed E-state index contributed by atoms with van der Waals surface area (Å²) in [6.45, 7) is 0. The minimum Gasteiger partial charge on any atom is -0.378 e. The molecule has 0 saturated heterocycles. The van der Waals surface area contributed by atoms with Gasteiger partial charge in [-0.15, -0.1) is 0 Å². The SMILES string of the molecule is CNC1CCC(c2ccc(N(C)C)cc2)C1. The maximum atomic E-state index is 3.39. The van der Waals surface area contributed by atoms with Crippen LogP contribution in [0.15, 0.2) is 24.3 Å². The van der Waals surface area contributed by atoms with Crippen molar-refractivity contribution in [2.24, 2.45) is 0 Å². The summed E-state index contributed by atoms with van der Waals surface area (Å²) >= 11 is 0. The highest BCUT2D eigenvalue weighted by Gasteiger charge is 2.24. The molecule has 16 heavy (non-hydrogen) atoms. The van der Waals surface area contributed by atoms with Crippen molar-refractivity contribution >= 4 is 5.69 Å². The van der Waals surface area contributed by atoms with E-state index in [1.54, 1.807) is 0 Å². The van der Waals surface area contributed by atoms with Gasteiger partial charge in [0.25, 0.3) is 0 Å². The van der Waals surface area contributed by atoms with Gasteiger partial charge in [-0.05, 0) is 49.9 Å². The summed E-state index contributed by atoms with van der Waals surface area (Å²) in [5.74, 6) is 0.758. The Labute approximate surface area is 98.7 Å². The van der Waals surface area contributed by atoms with E-state index in [0.717, 1.165) is 12.0 Å². The van der Waals surface area contributed by atoms with Crippen LogP contribution in [0.5, 0.6) is 0 Å². The summed E-state index contributed by atoms with van der Waals surface area (Å²) < 4.78 is 0. The van der Waals surface area contributed by atoms with Crippen molar-refractivity contribution in [1.82, 2.24) is 5.32 Å². The molecule has 2 unspecified atom stereocenters. The molecule has 2 heteroatoms. The molecule has 0 bridgehead atoms. The highest BCUT2D eigenvalue weighted by Crippen LogP contribution is 2.34. The molecule has 1 fully saturated rings. The predicted octanol–water partition coefficient (Wildman–Crippen LogP) is 2.61. The summed E-state index contributed by atoms with van der Waals surface area (Å²) in [5.41, 5.74) is 2.79. The van der Waals surface area contributed by atoms with E-state index in [4.69, 9.17) is 0 Å². The molecule has 1 aromatic carbocycles. The Kier molecular flexibility index (Phi) is 3.49. The third-order valence-electron chi connectivity index (χ3n) is 3.72. The van der Waals surface area contributed by atoms with Crippen LogP contribution in [0.1, 0.15) is 30.7 Å². The fourth-order valence-corrected chi connectivity index (χ4v) is 2.59. The molecule has 0 aromatic heterocycles. The molecule has 1 saturated carbocycles. The molecule has 1 aliphatic rings. The van der Waals surface area contributed by atoms with Gasteiger partial charge in [-0.1, -0.05) is 12.1 Å². The molecular formula is C14H22N2. The predicted molar refractivity (Wildman–Crippen MR) is 70.2 cm³/mol. The van der Waals surface area contributed by atoms with Crippen LogP contribution < -0.4 is 10.2 Å². The van der Waals surface area contributed by atoms with Gasteiger partial charge in [0, 0.05) is 25.8 Å². The first-order chi connectivity index (χ1) is 7.70. The van der Waals surface area contributed by atoms with E-state index in [1.165, 1.54) is 30.5 Å². The molecule has 0 amide bonds. The molecule has 1 aliphatic carbocycles. The number of hydrogen-bond donors (Lipinski definition) is 1. The Bertz CT molecular complexity index is 329. The first-order valence-electron chi connectivity index (χ1n) is 6.15. The van der Waals surface area contributed by atoms with Crippen LogP contribution in [0.3, 0.4) is 0 Å². The van der Waals surface area contributed by atoms with Gasteiger partial charge in [-0.3, -0.25) is 0 Å². The lowest BCUT2D eigenvalue weighted by Gasteiger charge is -2.15. The van der Waals surface area contributed by atoms with Gasteiger partial charge in [0.2, 0.25) is 0 Å². The molecule has 1 N–H and O–H groups in total. The Morgan fingerprint density at radius 2 is 1.81 bits per heavy atom. The van der Waals surface area contributed by atoms with Crippen LogP contribution >= 0.6 is 0 Å². The Balaban J connectivity index is 2.05. The molecular weight excluding hydrogens is 196 g/mol. The summed E-state index contributed by atoms with van der Waals surface area (Å²) in [4.78, 5) is 2.15. The zero-order chi connectivity index (χ0) is 11.5. The fourth-order valence-electron chi connectivity index (χ4n) is 2.59. The fraction of sp³-hybridized carbons (Fsp3) is 0.571. The number of anilines is 1. The molecule has 0 heterocycles. The van der Waals surface area contributed by atoms with E-state index in [9.17, 15) is 0 Å². The van der Waals surface area contributed by atoms with E-state index in [0.29, 0.717) is 0 Å². The first-order valence-corrected chi connectivity index (χ1v) is 6.15. The van der Waals surface area contributed by atoms with Crippen LogP contribution in [0.2, 0.25) is 0 Å². The maximum absolute atomic E-state index is 3.39. The van der Waals surface area contributed by atoms with E-state index >= 15 is 0 Å². The second-order valence-corrected chi connectivity index (χ2v) is 4.98. The summed E-state index contributed by atoms with van der Waals surface area (Å²) in [5, 5.41) is 3.39. The van der Waals surface area contributed by atoms with E-state index in [1.807, 2.05) is 0 Å². The van der Waals surface area contributed by atoms with Crippen molar-refractivity contribution in [2.75, 3.05) is 26.0 Å². The highest BCUT2D eigenvalue weighted by atomic mass is 15.1. The number of hydrogen-bond acceptors (Lipinski definition) is 2. The molecule has 2 atom stereocenters. The minimum atomic E-state index is 0.721. The molecule has 0 spiro atoms. The second kappa shape index (κ2) is 4.88. The zero-order valence-electron chi connectivity index (χ0n) is 10.5. The van der Waals surface area contributed by atoms with Crippen LogP contribution in [0, 0.1) is 0 Å². The molecule has 0 aliphatic heterocycles. The average molecular weight is 218 g/mol. The lowest BCUT2D eigenvalue weighted by atomic mass is 9.97. The van der Waals surface area contributed by atoms with E-state index in [-0.39, 0.29) is 0 Å². The topological polar surface area (TPSA) is 15.3 Å². The van der Waals surface area contributed by atoms with Crippen LogP contribution in [-0.4, -0.2) is 27.2 Å². The van der Waals surface area contributed by atoms with Crippen LogP contribution in [-0.2, 0) is 0 Å². The molecule has 88 valence electrons. The van der Waals surface area contributed by atoms with Crippen LogP contribution in [0.25, 0.3) is 0 Å². The Morgan fingerprint density at radius 3 is 2.31 bits per heavy atom. The van der Waals surface area contributed by atoms with Gasteiger partial charge in [0.05, 0.1) is 0 Å². The third-order valence-corrected chi connectivity index (χ3v) is 3.72. The number of benzene rings is 1. The normalized spacial score (nSPS) is 24.7. The standard InChI is InChI=1S/C14H22N2/c1-15-13-7-4-12(10-13)11-5-8-14(9-6-11)16(2)3/h5-6,8-9,12-13,15H,4,7,10H2,1-3H3. The number of rotatable bonds is 3. The summed E-state index contributed by atoms with van der Waals surface area (Å²) in [6.07, 6.45) is 3.93. The van der Waals surface area contributed by atoms with E-state index < -0.39 is 0 Å². The quantitative estimate of drug-likeness (QED) is 0.839. The Hall–Kier alpha value is -1.02. The smallest absolute Gasteiger partial charge is 0.0361 e.